The molecule has 2 aromatic rings. The summed E-state index contributed by atoms with van der Waals surface area (Å²) < 4.78 is 0. The Morgan fingerprint density at radius 2 is 1.40 bits per heavy atom. The van der Waals surface area contributed by atoms with Gasteiger partial charge in [0, 0.05) is 10.9 Å². The number of rotatable bonds is 3. The van der Waals surface area contributed by atoms with Crippen LogP contribution in [0.2, 0.25) is 0 Å². The number of benzene rings is 2. The summed E-state index contributed by atoms with van der Waals surface area (Å²) in [6.07, 6.45) is 0. The van der Waals surface area contributed by atoms with Crippen LogP contribution >= 0.6 is 7.92 Å². The summed E-state index contributed by atoms with van der Waals surface area (Å²) in [6.45, 7) is 17.8. The van der Waals surface area contributed by atoms with Crippen LogP contribution in [0.25, 0.3) is 0 Å². The first-order chi connectivity index (χ1) is 11.4. The van der Waals surface area contributed by atoms with Crippen LogP contribution in [-0.4, -0.2) is 10.8 Å². The summed E-state index contributed by atoms with van der Waals surface area (Å²) in [5, 5.41) is 13.7. The minimum Gasteiger partial charge on any atom is -0.507 e. The Morgan fingerprint density at radius 1 is 0.840 bits per heavy atom. The van der Waals surface area contributed by atoms with Gasteiger partial charge in [0.2, 0.25) is 0 Å². The Bertz CT molecular complexity index is 718. The van der Waals surface area contributed by atoms with E-state index >= 15 is 0 Å². The fraction of sp³-hybridized carbons (Fsp3) is 0.478. The highest BCUT2D eigenvalue weighted by molar-refractivity contribution is 7.73. The molecule has 1 atom stereocenters. The van der Waals surface area contributed by atoms with Crippen molar-refractivity contribution in [3.8, 4) is 5.75 Å². The van der Waals surface area contributed by atoms with Gasteiger partial charge in [0.1, 0.15) is 5.75 Å². The molecule has 2 heteroatoms. The van der Waals surface area contributed by atoms with Gasteiger partial charge in [0.15, 0.2) is 0 Å². The maximum atomic E-state index is 11.2. The fourth-order valence-electron chi connectivity index (χ4n) is 3.11. The predicted octanol–water partition coefficient (Wildman–Crippen LogP) is 5.83. The number of phenolic OH excluding ortho intramolecular Hbond substituents is 1. The quantitative estimate of drug-likeness (QED) is 0.686. The third kappa shape index (κ3) is 4.45. The van der Waals surface area contributed by atoms with E-state index in [2.05, 4.69) is 97.9 Å². The van der Waals surface area contributed by atoms with E-state index in [0.29, 0.717) is 11.4 Å². The first-order valence-electron chi connectivity index (χ1n) is 9.15. The van der Waals surface area contributed by atoms with E-state index in [0.717, 1.165) is 10.9 Å². The maximum absolute atomic E-state index is 11.2. The predicted molar refractivity (Wildman–Crippen MR) is 113 cm³/mol. The number of hydrogen-bond donors (Lipinski definition) is 1. The van der Waals surface area contributed by atoms with Crippen molar-refractivity contribution in [3.05, 3.63) is 53.6 Å². The van der Waals surface area contributed by atoms with Gasteiger partial charge in [-0.2, -0.15) is 0 Å². The van der Waals surface area contributed by atoms with Gasteiger partial charge in [0.25, 0.3) is 0 Å². The monoisotopic (exact) mass is 356 g/mol. The smallest absolute Gasteiger partial charge is 0.127 e. The Labute approximate surface area is 155 Å². The second-order valence-electron chi connectivity index (χ2n) is 9.19. The molecule has 0 bridgehead atoms. The van der Waals surface area contributed by atoms with Gasteiger partial charge in [0.05, 0.1) is 0 Å². The molecular weight excluding hydrogens is 323 g/mol. The Kier molecular flexibility index (Phi) is 5.69. The summed E-state index contributed by atoms with van der Waals surface area (Å²) in [7, 11) is -0.607. The third-order valence-electron chi connectivity index (χ3n) is 4.57. The molecular formula is C23H33OP. The molecule has 0 radical (unpaired) electrons. The third-order valence-corrected chi connectivity index (χ3v) is 7.32. The molecule has 0 aromatic heterocycles. The molecule has 1 unspecified atom stereocenters. The molecule has 0 heterocycles. The Morgan fingerprint density at radius 3 is 1.84 bits per heavy atom. The molecule has 0 aliphatic rings. The van der Waals surface area contributed by atoms with Gasteiger partial charge in [-0.25, -0.2) is 0 Å². The minimum absolute atomic E-state index is 0.0527. The molecule has 0 amide bonds. The Hall–Kier alpha value is -1.33. The number of aromatic hydroxyl groups is 1. The van der Waals surface area contributed by atoms with Crippen molar-refractivity contribution >= 4 is 18.5 Å². The van der Waals surface area contributed by atoms with E-state index in [4.69, 9.17) is 0 Å². The molecule has 25 heavy (non-hydrogen) atoms. The van der Waals surface area contributed by atoms with Gasteiger partial charge >= 0.3 is 0 Å². The highest BCUT2D eigenvalue weighted by atomic mass is 31.1. The molecule has 136 valence electrons. The van der Waals surface area contributed by atoms with Gasteiger partial charge < -0.3 is 5.11 Å². The highest BCUT2D eigenvalue weighted by Crippen LogP contribution is 2.45. The van der Waals surface area contributed by atoms with E-state index < -0.39 is 7.92 Å². The van der Waals surface area contributed by atoms with E-state index in [1.165, 1.54) is 10.9 Å². The molecule has 1 N–H and O–H groups in total. The zero-order valence-corrected chi connectivity index (χ0v) is 17.9. The summed E-state index contributed by atoms with van der Waals surface area (Å²) in [5.74, 6) is 0.490. The molecule has 0 saturated heterocycles. The van der Waals surface area contributed by atoms with Crippen molar-refractivity contribution in [2.75, 3.05) is 0 Å². The van der Waals surface area contributed by atoms with Crippen LogP contribution in [0.4, 0.5) is 0 Å². The lowest BCUT2D eigenvalue weighted by Gasteiger charge is -2.31. The molecule has 0 spiro atoms. The van der Waals surface area contributed by atoms with E-state index in [1.807, 2.05) is 0 Å². The van der Waals surface area contributed by atoms with Crippen LogP contribution in [0.3, 0.4) is 0 Å². The zero-order valence-electron chi connectivity index (χ0n) is 17.0. The summed E-state index contributed by atoms with van der Waals surface area (Å²) in [4.78, 5) is 0. The average molecular weight is 356 g/mol. The summed E-state index contributed by atoms with van der Waals surface area (Å²) >= 11 is 0. The Balaban J connectivity index is 2.78. The molecule has 1 nitrogen and oxygen atoms in total. The van der Waals surface area contributed by atoms with Gasteiger partial charge in [-0.3, -0.25) is 0 Å². The standard InChI is InChI=1S/C23H33OP/c1-16(2)25(18-12-10-9-11-13-18)20-15-17(22(3,4)5)14-19(21(20)24)23(6,7)8/h9-16,24H,1-8H3. The van der Waals surface area contributed by atoms with Gasteiger partial charge in [-0.15, -0.1) is 0 Å². The largest absolute Gasteiger partial charge is 0.507 e. The van der Waals surface area contributed by atoms with E-state index in [9.17, 15) is 5.11 Å². The zero-order chi connectivity index (χ0) is 19.0. The maximum Gasteiger partial charge on any atom is 0.127 e. The topological polar surface area (TPSA) is 20.2 Å². The first kappa shape index (κ1) is 20.0. The molecule has 0 aliphatic heterocycles. The first-order valence-corrected chi connectivity index (χ1v) is 10.6. The second-order valence-corrected chi connectivity index (χ2v) is 12.0. The average Bonchev–Trinajstić information content (AvgIpc) is 2.47. The molecule has 0 aliphatic carbocycles. The van der Waals surface area contributed by atoms with Gasteiger partial charge in [-0.05, 0) is 41.3 Å². The number of phenols is 1. The summed E-state index contributed by atoms with van der Waals surface area (Å²) in [6, 6.07) is 15.1. The number of hydrogen-bond acceptors (Lipinski definition) is 1. The molecule has 0 fully saturated rings. The highest BCUT2D eigenvalue weighted by Gasteiger charge is 2.29. The lowest BCUT2D eigenvalue weighted by Crippen LogP contribution is -2.25. The van der Waals surface area contributed by atoms with Crippen LogP contribution in [0.1, 0.15) is 66.5 Å². The fourth-order valence-corrected chi connectivity index (χ4v) is 5.66. The van der Waals surface area contributed by atoms with Crippen molar-refractivity contribution in [1.29, 1.82) is 0 Å². The van der Waals surface area contributed by atoms with Crippen LogP contribution < -0.4 is 10.6 Å². The lowest BCUT2D eigenvalue weighted by molar-refractivity contribution is 0.449. The second kappa shape index (κ2) is 7.12. The van der Waals surface area contributed by atoms with Gasteiger partial charge in [-0.1, -0.05) is 91.8 Å². The normalized spacial score (nSPS) is 14.0. The lowest BCUT2D eigenvalue weighted by atomic mass is 9.80. The van der Waals surface area contributed by atoms with E-state index in [1.54, 1.807) is 0 Å². The summed E-state index contributed by atoms with van der Waals surface area (Å²) in [5.41, 5.74) is 2.78. The van der Waals surface area contributed by atoms with Crippen molar-refractivity contribution in [2.24, 2.45) is 0 Å². The molecule has 2 aromatic carbocycles. The van der Waals surface area contributed by atoms with Crippen LogP contribution in [0, 0.1) is 0 Å². The minimum atomic E-state index is -0.607. The van der Waals surface area contributed by atoms with Crippen molar-refractivity contribution in [1.82, 2.24) is 0 Å². The van der Waals surface area contributed by atoms with Crippen LogP contribution in [0.15, 0.2) is 42.5 Å². The van der Waals surface area contributed by atoms with Crippen molar-refractivity contribution < 1.29 is 5.11 Å². The van der Waals surface area contributed by atoms with Crippen LogP contribution in [-0.2, 0) is 10.8 Å². The van der Waals surface area contributed by atoms with E-state index in [-0.39, 0.29) is 10.8 Å². The molecule has 0 saturated carbocycles. The van der Waals surface area contributed by atoms with Crippen LogP contribution in [0.5, 0.6) is 5.75 Å². The van der Waals surface area contributed by atoms with Crippen molar-refractivity contribution in [3.63, 3.8) is 0 Å². The van der Waals surface area contributed by atoms with Crippen molar-refractivity contribution in [2.45, 2.75) is 71.9 Å². The SMILES string of the molecule is CC(C)P(c1ccccc1)c1cc(C(C)(C)C)cc(C(C)(C)C)c1O. The molecule has 2 rings (SSSR count).